The highest BCUT2D eigenvalue weighted by Crippen LogP contribution is 2.33. The van der Waals surface area contributed by atoms with Gasteiger partial charge in [-0.15, -0.1) is 0 Å². The van der Waals surface area contributed by atoms with Gasteiger partial charge in [0.05, 0.1) is 0 Å². The zero-order chi connectivity index (χ0) is 7.94. The van der Waals surface area contributed by atoms with Gasteiger partial charge in [0.2, 0.25) is 0 Å². The summed E-state index contributed by atoms with van der Waals surface area (Å²) >= 11 is 0. The van der Waals surface area contributed by atoms with Crippen LogP contribution in [0.4, 0.5) is 0 Å². The van der Waals surface area contributed by atoms with E-state index in [1.807, 2.05) is 0 Å². The van der Waals surface area contributed by atoms with Crippen molar-refractivity contribution in [3.8, 4) is 0 Å². The first-order valence-corrected chi connectivity index (χ1v) is 5.01. The first kappa shape index (κ1) is 9.05. The number of ether oxygens (including phenoxy) is 1. The van der Waals surface area contributed by atoms with Gasteiger partial charge in [-0.25, -0.2) is 0 Å². The first-order valence-electron chi connectivity index (χ1n) is 5.01. The third-order valence-electron chi connectivity index (χ3n) is 2.30. The maximum absolute atomic E-state index is 5.26. The Labute approximate surface area is 70.1 Å². The summed E-state index contributed by atoms with van der Waals surface area (Å²) in [4.78, 5) is 0. The van der Waals surface area contributed by atoms with Crippen LogP contribution in [0.25, 0.3) is 0 Å². The van der Waals surface area contributed by atoms with Crippen molar-refractivity contribution in [2.24, 2.45) is 5.92 Å². The molecule has 1 rings (SSSR count). The van der Waals surface area contributed by atoms with Crippen LogP contribution >= 0.6 is 0 Å². The number of hydrogen-bond donors (Lipinski definition) is 0. The lowest BCUT2D eigenvalue weighted by atomic mass is 10.1. The molecule has 0 spiro atoms. The molecule has 0 radical (unpaired) electrons. The predicted molar refractivity (Wildman–Crippen MR) is 47.7 cm³/mol. The molecule has 0 aliphatic heterocycles. The van der Waals surface area contributed by atoms with E-state index >= 15 is 0 Å². The van der Waals surface area contributed by atoms with Gasteiger partial charge >= 0.3 is 0 Å². The van der Waals surface area contributed by atoms with Gasteiger partial charge in [-0.1, -0.05) is 32.1 Å². The third kappa shape index (κ3) is 5.25. The van der Waals surface area contributed by atoms with Gasteiger partial charge in [0.25, 0.3) is 0 Å². The van der Waals surface area contributed by atoms with Crippen LogP contribution in [0, 0.1) is 5.92 Å². The minimum absolute atomic E-state index is 0.878. The Kier molecular flexibility index (Phi) is 4.60. The van der Waals surface area contributed by atoms with Crippen molar-refractivity contribution < 1.29 is 4.74 Å². The fraction of sp³-hybridized carbons (Fsp3) is 1.00. The van der Waals surface area contributed by atoms with Crippen LogP contribution in [0.1, 0.15) is 45.4 Å². The van der Waals surface area contributed by atoms with Crippen LogP contribution in [0.5, 0.6) is 0 Å². The average Bonchev–Trinajstić information content (AvgIpc) is 2.80. The van der Waals surface area contributed by atoms with Gasteiger partial charge in [0, 0.05) is 13.2 Å². The van der Waals surface area contributed by atoms with Crippen LogP contribution < -0.4 is 0 Å². The molecular weight excluding hydrogens is 136 g/mol. The largest absolute Gasteiger partial charge is 0.382 e. The van der Waals surface area contributed by atoms with E-state index in [-0.39, 0.29) is 0 Å². The molecule has 0 N–H and O–H groups in total. The molecule has 1 aliphatic rings. The molecule has 0 heterocycles. The number of rotatable bonds is 7. The van der Waals surface area contributed by atoms with E-state index in [1.54, 1.807) is 0 Å². The second-order valence-electron chi connectivity index (χ2n) is 3.49. The predicted octanol–water partition coefficient (Wildman–Crippen LogP) is 2.99. The van der Waals surface area contributed by atoms with Crippen molar-refractivity contribution in [1.29, 1.82) is 0 Å². The van der Waals surface area contributed by atoms with E-state index in [0.717, 1.165) is 19.1 Å². The van der Waals surface area contributed by atoms with Gasteiger partial charge in [-0.3, -0.25) is 0 Å². The molecule has 0 amide bonds. The summed E-state index contributed by atoms with van der Waals surface area (Å²) in [6.45, 7) is 3.91. The highest BCUT2D eigenvalue weighted by Gasteiger charge is 2.19. The molecular formula is C10H20O. The molecule has 0 aromatic carbocycles. The van der Waals surface area contributed by atoms with Gasteiger partial charge in [0.1, 0.15) is 0 Å². The molecule has 0 atom stereocenters. The summed E-state index contributed by atoms with van der Waals surface area (Å²) in [5, 5.41) is 0. The Hall–Kier alpha value is -0.0400. The lowest BCUT2D eigenvalue weighted by molar-refractivity contribution is 0.143. The highest BCUT2D eigenvalue weighted by molar-refractivity contribution is 4.72. The molecule has 0 unspecified atom stereocenters. The highest BCUT2D eigenvalue weighted by atomic mass is 16.5. The van der Waals surface area contributed by atoms with Gasteiger partial charge in [0.15, 0.2) is 0 Å². The molecule has 0 aromatic heterocycles. The standard InChI is InChI=1S/C10H20O/c1-2-11-9-5-3-4-6-10-7-8-10/h10H,2-9H2,1H3. The third-order valence-corrected chi connectivity index (χ3v) is 2.30. The van der Waals surface area contributed by atoms with E-state index in [9.17, 15) is 0 Å². The second-order valence-corrected chi connectivity index (χ2v) is 3.49. The summed E-state index contributed by atoms with van der Waals surface area (Å²) in [5.41, 5.74) is 0. The normalized spacial score (nSPS) is 17.2. The smallest absolute Gasteiger partial charge is 0.0465 e. The molecule has 11 heavy (non-hydrogen) atoms. The Morgan fingerprint density at radius 1 is 1.18 bits per heavy atom. The lowest BCUT2D eigenvalue weighted by Gasteiger charge is -2.00. The fourth-order valence-corrected chi connectivity index (χ4v) is 1.36. The molecule has 1 nitrogen and oxygen atoms in total. The molecule has 1 heteroatoms. The summed E-state index contributed by atoms with van der Waals surface area (Å²) in [6, 6.07) is 0. The molecule has 1 saturated carbocycles. The van der Waals surface area contributed by atoms with Gasteiger partial charge < -0.3 is 4.74 Å². The van der Waals surface area contributed by atoms with Crippen molar-refractivity contribution in [3.05, 3.63) is 0 Å². The average molecular weight is 156 g/mol. The van der Waals surface area contributed by atoms with E-state index in [0.29, 0.717) is 0 Å². The summed E-state index contributed by atoms with van der Waals surface area (Å²) in [5.74, 6) is 1.11. The molecule has 0 saturated heterocycles. The van der Waals surface area contributed by atoms with E-state index in [2.05, 4.69) is 6.92 Å². The molecule has 0 bridgehead atoms. The minimum Gasteiger partial charge on any atom is -0.382 e. The van der Waals surface area contributed by atoms with Crippen LogP contribution in [0.3, 0.4) is 0 Å². The first-order chi connectivity index (χ1) is 5.43. The zero-order valence-electron chi connectivity index (χ0n) is 7.64. The quantitative estimate of drug-likeness (QED) is 0.515. The fourth-order valence-electron chi connectivity index (χ4n) is 1.36. The molecule has 1 fully saturated rings. The SMILES string of the molecule is CCOCCCCCC1CC1. The van der Waals surface area contributed by atoms with E-state index in [4.69, 9.17) is 4.74 Å². The maximum atomic E-state index is 5.26. The van der Waals surface area contributed by atoms with Crippen molar-refractivity contribution in [1.82, 2.24) is 0 Å². The van der Waals surface area contributed by atoms with Crippen molar-refractivity contribution >= 4 is 0 Å². The van der Waals surface area contributed by atoms with Crippen LogP contribution in [0.15, 0.2) is 0 Å². The molecule has 0 aromatic rings. The molecule has 1 aliphatic carbocycles. The van der Waals surface area contributed by atoms with Gasteiger partial charge in [-0.05, 0) is 19.3 Å². The van der Waals surface area contributed by atoms with Crippen molar-refractivity contribution in [2.45, 2.75) is 45.4 Å². The molecule has 66 valence electrons. The second kappa shape index (κ2) is 5.59. The number of hydrogen-bond acceptors (Lipinski definition) is 1. The summed E-state index contributed by atoms with van der Waals surface area (Å²) < 4.78 is 5.26. The van der Waals surface area contributed by atoms with Gasteiger partial charge in [-0.2, -0.15) is 0 Å². The Bertz CT molecular complexity index is 86.9. The minimum atomic E-state index is 0.878. The van der Waals surface area contributed by atoms with Crippen LogP contribution in [0.2, 0.25) is 0 Å². The monoisotopic (exact) mass is 156 g/mol. The summed E-state index contributed by atoms with van der Waals surface area (Å²) in [6.07, 6.45) is 8.55. The van der Waals surface area contributed by atoms with Crippen LogP contribution in [-0.4, -0.2) is 13.2 Å². The van der Waals surface area contributed by atoms with Crippen LogP contribution in [-0.2, 0) is 4.74 Å². The van der Waals surface area contributed by atoms with Crippen molar-refractivity contribution in [3.63, 3.8) is 0 Å². The van der Waals surface area contributed by atoms with Crippen molar-refractivity contribution in [2.75, 3.05) is 13.2 Å². The Morgan fingerprint density at radius 3 is 2.64 bits per heavy atom. The van der Waals surface area contributed by atoms with E-state index < -0.39 is 0 Å². The zero-order valence-corrected chi connectivity index (χ0v) is 7.64. The topological polar surface area (TPSA) is 9.23 Å². The summed E-state index contributed by atoms with van der Waals surface area (Å²) in [7, 11) is 0. The Balaban J connectivity index is 1.66. The lowest BCUT2D eigenvalue weighted by Crippen LogP contribution is -1.92. The van der Waals surface area contributed by atoms with E-state index in [1.165, 1.54) is 38.5 Å². The maximum Gasteiger partial charge on any atom is 0.0465 e. The number of unbranched alkanes of at least 4 members (excludes halogenated alkanes) is 2. The Morgan fingerprint density at radius 2 is 2.00 bits per heavy atom.